The Kier molecular flexibility index (Phi) is 5.67. The summed E-state index contributed by atoms with van der Waals surface area (Å²) in [6.07, 6.45) is -1.01. The van der Waals surface area contributed by atoms with Crippen molar-refractivity contribution in [1.82, 2.24) is 14.2 Å². The van der Waals surface area contributed by atoms with Gasteiger partial charge in [-0.1, -0.05) is 36.4 Å². The standard InChI is InChI=1S/C23H24N4O6/c1-23(2)19(27-21(30)26(22(31)33-27)17-12-8-5-9-13-17)25(16-10-6-4-7-11-16)20(29)24(23)15-14-18(28)32-3/h4-13,19H,14-15H2,1-3H3/t19-/m1/s1. The Morgan fingerprint density at radius 1 is 0.970 bits per heavy atom. The van der Waals surface area contributed by atoms with Crippen molar-refractivity contribution in [3.05, 3.63) is 81.7 Å². The smallest absolute Gasteiger partial charge is 0.447 e. The van der Waals surface area contributed by atoms with Gasteiger partial charge in [0.25, 0.3) is 0 Å². The van der Waals surface area contributed by atoms with Gasteiger partial charge in [0.2, 0.25) is 0 Å². The molecule has 10 heteroatoms. The number of urea groups is 1. The van der Waals surface area contributed by atoms with E-state index in [1.54, 1.807) is 74.5 Å². The fraction of sp³-hybridized carbons (Fsp3) is 0.304. The zero-order valence-corrected chi connectivity index (χ0v) is 18.5. The Labute approximate surface area is 189 Å². The molecule has 33 heavy (non-hydrogen) atoms. The number of anilines is 1. The molecule has 2 aromatic carbocycles. The zero-order valence-electron chi connectivity index (χ0n) is 18.5. The van der Waals surface area contributed by atoms with Crippen LogP contribution < -0.4 is 16.3 Å². The third kappa shape index (κ3) is 3.73. The maximum atomic E-state index is 13.5. The number of hydrogen-bond acceptors (Lipinski definition) is 6. The lowest BCUT2D eigenvalue weighted by molar-refractivity contribution is -0.141. The molecule has 172 valence electrons. The molecule has 4 rings (SSSR count). The van der Waals surface area contributed by atoms with E-state index in [2.05, 4.69) is 0 Å². The van der Waals surface area contributed by atoms with Crippen molar-refractivity contribution in [2.45, 2.75) is 32.0 Å². The summed E-state index contributed by atoms with van der Waals surface area (Å²) in [5.74, 6) is -1.33. The Morgan fingerprint density at radius 2 is 1.55 bits per heavy atom. The van der Waals surface area contributed by atoms with Crippen LogP contribution in [-0.2, 0) is 9.53 Å². The minimum absolute atomic E-state index is 0.0229. The molecule has 0 unspecified atom stereocenters. The highest BCUT2D eigenvalue weighted by Crippen LogP contribution is 2.42. The number of esters is 1. The van der Waals surface area contributed by atoms with E-state index in [-0.39, 0.29) is 13.0 Å². The normalized spacial score (nSPS) is 17.4. The summed E-state index contributed by atoms with van der Waals surface area (Å²) in [7, 11) is 1.28. The van der Waals surface area contributed by atoms with Gasteiger partial charge < -0.3 is 14.2 Å². The molecular weight excluding hydrogens is 428 g/mol. The van der Waals surface area contributed by atoms with Crippen LogP contribution in [0.15, 0.2) is 74.8 Å². The lowest BCUT2D eigenvalue weighted by Gasteiger charge is -2.33. The fourth-order valence-corrected chi connectivity index (χ4v) is 4.15. The van der Waals surface area contributed by atoms with E-state index in [9.17, 15) is 19.2 Å². The minimum Gasteiger partial charge on any atom is -0.469 e. The number of aromatic nitrogens is 2. The number of ether oxygens (including phenoxy) is 1. The molecule has 1 atom stereocenters. The number of hydrogen-bond donors (Lipinski definition) is 0. The summed E-state index contributed by atoms with van der Waals surface area (Å²) in [4.78, 5) is 54.2. The number of methoxy groups -OCH3 is 1. The van der Waals surface area contributed by atoms with Gasteiger partial charge in [-0.25, -0.2) is 14.4 Å². The molecular formula is C23H24N4O6. The number of para-hydroxylation sites is 2. The average Bonchev–Trinajstić information content (AvgIpc) is 3.21. The third-order valence-electron chi connectivity index (χ3n) is 5.79. The van der Waals surface area contributed by atoms with E-state index in [1.165, 1.54) is 16.9 Å². The second kappa shape index (κ2) is 8.45. The second-order valence-corrected chi connectivity index (χ2v) is 8.13. The number of benzene rings is 2. The fourth-order valence-electron chi connectivity index (χ4n) is 4.15. The van der Waals surface area contributed by atoms with Gasteiger partial charge in [-0.3, -0.25) is 9.69 Å². The number of carbonyl (C=O) groups excluding carboxylic acids is 2. The summed E-state index contributed by atoms with van der Waals surface area (Å²) in [5.41, 5.74) is -0.870. The van der Waals surface area contributed by atoms with Crippen LogP contribution in [-0.4, -0.2) is 45.4 Å². The van der Waals surface area contributed by atoms with Crippen LogP contribution >= 0.6 is 0 Å². The molecule has 0 radical (unpaired) electrons. The molecule has 1 aromatic heterocycles. The summed E-state index contributed by atoms with van der Waals surface area (Å²) in [5, 5.41) is 0. The van der Waals surface area contributed by atoms with Gasteiger partial charge in [-0.2, -0.15) is 4.57 Å². The number of rotatable bonds is 6. The van der Waals surface area contributed by atoms with Gasteiger partial charge in [-0.05, 0) is 38.1 Å². The van der Waals surface area contributed by atoms with Crippen molar-refractivity contribution in [2.24, 2.45) is 0 Å². The molecule has 0 aliphatic carbocycles. The monoisotopic (exact) mass is 452 g/mol. The molecule has 3 aromatic rings. The first-order valence-corrected chi connectivity index (χ1v) is 10.4. The Bertz CT molecular complexity index is 1280. The molecule has 0 saturated carbocycles. The summed E-state index contributed by atoms with van der Waals surface area (Å²) >= 11 is 0. The molecule has 1 aliphatic rings. The first-order valence-electron chi connectivity index (χ1n) is 10.4. The zero-order chi connectivity index (χ0) is 23.8. The Morgan fingerprint density at radius 3 is 2.12 bits per heavy atom. The van der Waals surface area contributed by atoms with E-state index in [0.29, 0.717) is 11.4 Å². The van der Waals surface area contributed by atoms with Crippen LogP contribution in [0.4, 0.5) is 10.5 Å². The van der Waals surface area contributed by atoms with Crippen LogP contribution in [0.25, 0.3) is 5.69 Å². The van der Waals surface area contributed by atoms with E-state index in [0.717, 1.165) is 9.31 Å². The average molecular weight is 452 g/mol. The molecule has 1 fully saturated rings. The topological polar surface area (TPSA) is 107 Å². The van der Waals surface area contributed by atoms with Crippen LogP contribution in [0.2, 0.25) is 0 Å². The van der Waals surface area contributed by atoms with Crippen LogP contribution in [0.1, 0.15) is 26.4 Å². The lowest BCUT2D eigenvalue weighted by Crippen LogP contribution is -2.47. The highest BCUT2D eigenvalue weighted by Gasteiger charge is 2.55. The summed E-state index contributed by atoms with van der Waals surface area (Å²) < 4.78 is 12.0. The third-order valence-corrected chi connectivity index (χ3v) is 5.79. The van der Waals surface area contributed by atoms with E-state index >= 15 is 0 Å². The van der Waals surface area contributed by atoms with E-state index < -0.39 is 35.2 Å². The van der Waals surface area contributed by atoms with Crippen LogP contribution in [0.3, 0.4) is 0 Å². The Hall–Kier alpha value is -4.08. The Balaban J connectivity index is 1.86. The number of amides is 2. The van der Waals surface area contributed by atoms with Gasteiger partial charge >= 0.3 is 23.4 Å². The maximum Gasteiger partial charge on any atom is 0.447 e. The molecule has 1 aliphatic heterocycles. The molecule has 10 nitrogen and oxygen atoms in total. The van der Waals surface area contributed by atoms with Gasteiger partial charge in [0, 0.05) is 12.2 Å². The first kappa shape index (κ1) is 22.1. The van der Waals surface area contributed by atoms with Gasteiger partial charge in [0.15, 0.2) is 6.17 Å². The summed E-state index contributed by atoms with van der Waals surface area (Å²) in [6, 6.07) is 16.7. The van der Waals surface area contributed by atoms with Gasteiger partial charge in [-0.15, -0.1) is 4.74 Å². The predicted octanol–water partition coefficient (Wildman–Crippen LogP) is 2.37. The molecule has 0 spiro atoms. The molecule has 0 N–H and O–H groups in total. The van der Waals surface area contributed by atoms with Crippen molar-refractivity contribution in [1.29, 1.82) is 0 Å². The van der Waals surface area contributed by atoms with Crippen LogP contribution in [0.5, 0.6) is 0 Å². The highest BCUT2D eigenvalue weighted by atomic mass is 16.5. The molecule has 1 saturated heterocycles. The van der Waals surface area contributed by atoms with Crippen molar-refractivity contribution >= 4 is 17.7 Å². The second-order valence-electron chi connectivity index (χ2n) is 8.13. The van der Waals surface area contributed by atoms with Gasteiger partial charge in [0.05, 0.1) is 24.8 Å². The van der Waals surface area contributed by atoms with E-state index in [1.807, 2.05) is 0 Å². The molecule has 0 bridgehead atoms. The van der Waals surface area contributed by atoms with Crippen LogP contribution in [0, 0.1) is 0 Å². The van der Waals surface area contributed by atoms with Crippen molar-refractivity contribution < 1.29 is 18.8 Å². The van der Waals surface area contributed by atoms with Crippen molar-refractivity contribution in [2.75, 3.05) is 18.6 Å². The molecule has 2 amide bonds. The van der Waals surface area contributed by atoms with Gasteiger partial charge in [0.1, 0.15) is 0 Å². The molecule has 2 heterocycles. The predicted molar refractivity (Wildman–Crippen MR) is 119 cm³/mol. The SMILES string of the molecule is COC(=O)CCN1C(=O)N(c2ccccc2)[C@H](n2oc(=O)n(-c3ccccc3)c2=O)C1(C)C. The lowest BCUT2D eigenvalue weighted by atomic mass is 10.00. The largest absolute Gasteiger partial charge is 0.469 e. The maximum absolute atomic E-state index is 13.5. The minimum atomic E-state index is -1.02. The van der Waals surface area contributed by atoms with Crippen molar-refractivity contribution in [3.8, 4) is 5.69 Å². The summed E-state index contributed by atoms with van der Waals surface area (Å²) in [6.45, 7) is 3.57. The quantitative estimate of drug-likeness (QED) is 0.532. The number of carbonyl (C=O) groups is 2. The van der Waals surface area contributed by atoms with Crippen molar-refractivity contribution in [3.63, 3.8) is 0 Å². The van der Waals surface area contributed by atoms with E-state index in [4.69, 9.17) is 9.26 Å². The number of nitrogens with zero attached hydrogens (tertiary/aromatic N) is 4. The highest BCUT2D eigenvalue weighted by molar-refractivity contribution is 5.95. The first-order chi connectivity index (χ1) is 15.8.